The summed E-state index contributed by atoms with van der Waals surface area (Å²) in [5, 5.41) is 2.16. The van der Waals surface area contributed by atoms with Gasteiger partial charge in [-0.15, -0.1) is 23.1 Å². The molecule has 0 saturated carbocycles. The highest BCUT2D eigenvalue weighted by molar-refractivity contribution is 7.98. The van der Waals surface area contributed by atoms with E-state index in [4.69, 9.17) is 0 Å². The van der Waals surface area contributed by atoms with Crippen molar-refractivity contribution in [1.82, 2.24) is 0 Å². The van der Waals surface area contributed by atoms with Gasteiger partial charge in [-0.05, 0) is 23.9 Å². The molecule has 0 fully saturated rings. The number of thiophene rings is 1. The predicted octanol–water partition coefficient (Wildman–Crippen LogP) is 4.35. The van der Waals surface area contributed by atoms with Gasteiger partial charge in [0.25, 0.3) is 0 Å². The minimum atomic E-state index is 1.07. The van der Waals surface area contributed by atoms with Gasteiger partial charge in [0.1, 0.15) is 0 Å². The second-order valence-electron chi connectivity index (χ2n) is 3.12. The van der Waals surface area contributed by atoms with Gasteiger partial charge >= 0.3 is 0 Å². The number of benzene rings is 1. The molecule has 1 aromatic carbocycles. The molecule has 1 aromatic heterocycles. The van der Waals surface area contributed by atoms with Crippen LogP contribution in [0.1, 0.15) is 10.4 Å². The Morgan fingerprint density at radius 1 is 1.14 bits per heavy atom. The van der Waals surface area contributed by atoms with Crippen molar-refractivity contribution in [2.75, 3.05) is 0 Å². The molecule has 0 saturated heterocycles. The van der Waals surface area contributed by atoms with Crippen LogP contribution in [0, 0.1) is 6.92 Å². The van der Waals surface area contributed by atoms with Crippen LogP contribution in [-0.2, 0) is 5.75 Å². The molecule has 0 bridgehead atoms. The molecular formula is C12H12S2. The Bertz CT molecular complexity index is 390. The monoisotopic (exact) mass is 220 g/mol. The van der Waals surface area contributed by atoms with Gasteiger partial charge in [-0.2, -0.15) is 0 Å². The van der Waals surface area contributed by atoms with E-state index in [0.29, 0.717) is 0 Å². The number of hydrogen-bond acceptors (Lipinski definition) is 2. The third-order valence-corrected chi connectivity index (χ3v) is 4.25. The fourth-order valence-electron chi connectivity index (χ4n) is 1.26. The number of rotatable bonds is 3. The maximum atomic E-state index is 2.20. The Kier molecular flexibility index (Phi) is 3.27. The Balaban J connectivity index is 1.99. The highest BCUT2D eigenvalue weighted by atomic mass is 32.2. The molecule has 2 heteroatoms. The van der Waals surface area contributed by atoms with Gasteiger partial charge < -0.3 is 0 Å². The third kappa shape index (κ3) is 2.40. The molecule has 0 aliphatic carbocycles. The molecule has 2 rings (SSSR count). The summed E-state index contributed by atoms with van der Waals surface area (Å²) in [7, 11) is 0. The van der Waals surface area contributed by atoms with E-state index >= 15 is 0 Å². The normalized spacial score (nSPS) is 10.4. The lowest BCUT2D eigenvalue weighted by molar-refractivity contribution is 1.37. The first kappa shape index (κ1) is 9.81. The van der Waals surface area contributed by atoms with Crippen LogP contribution in [0.3, 0.4) is 0 Å². The smallest absolute Gasteiger partial charge is 0.0232 e. The van der Waals surface area contributed by atoms with Crippen LogP contribution in [0.4, 0.5) is 0 Å². The van der Waals surface area contributed by atoms with Gasteiger partial charge in [-0.1, -0.05) is 30.3 Å². The van der Waals surface area contributed by atoms with Crippen LogP contribution in [-0.4, -0.2) is 0 Å². The van der Waals surface area contributed by atoms with Crippen molar-refractivity contribution in [2.45, 2.75) is 17.6 Å². The zero-order valence-electron chi connectivity index (χ0n) is 8.07. The van der Waals surface area contributed by atoms with E-state index < -0.39 is 0 Å². The van der Waals surface area contributed by atoms with E-state index in [1.165, 1.54) is 15.3 Å². The summed E-state index contributed by atoms with van der Waals surface area (Å²) >= 11 is 3.74. The van der Waals surface area contributed by atoms with Crippen molar-refractivity contribution in [2.24, 2.45) is 0 Å². The highest BCUT2D eigenvalue weighted by Crippen LogP contribution is 2.29. The van der Waals surface area contributed by atoms with Crippen LogP contribution < -0.4 is 0 Å². The molecule has 0 N–H and O–H groups in total. The Morgan fingerprint density at radius 2 is 1.93 bits per heavy atom. The Hall–Kier alpha value is -0.730. The van der Waals surface area contributed by atoms with Gasteiger partial charge in [0.2, 0.25) is 0 Å². The van der Waals surface area contributed by atoms with Gasteiger partial charge in [0.05, 0.1) is 0 Å². The first-order valence-electron chi connectivity index (χ1n) is 4.57. The largest absolute Gasteiger partial charge is 0.148 e. The second-order valence-corrected chi connectivity index (χ2v) is 5.25. The lowest BCUT2D eigenvalue weighted by Crippen LogP contribution is -1.78. The molecular weight excluding hydrogens is 208 g/mol. The minimum Gasteiger partial charge on any atom is -0.148 e. The lowest BCUT2D eigenvalue weighted by Gasteiger charge is -2.00. The van der Waals surface area contributed by atoms with Crippen LogP contribution >= 0.6 is 23.1 Å². The van der Waals surface area contributed by atoms with Crippen LogP contribution in [0.25, 0.3) is 0 Å². The number of thioether (sulfide) groups is 1. The molecule has 1 heterocycles. The summed E-state index contributed by atoms with van der Waals surface area (Å²) in [6, 6.07) is 12.8. The average molecular weight is 220 g/mol. The molecule has 0 nitrogen and oxygen atoms in total. The summed E-state index contributed by atoms with van der Waals surface area (Å²) in [4.78, 5) is 2.84. The number of hydrogen-bond donors (Lipinski definition) is 0. The minimum absolute atomic E-state index is 1.07. The zero-order valence-corrected chi connectivity index (χ0v) is 9.70. The summed E-state index contributed by atoms with van der Waals surface area (Å²) < 4.78 is 0. The molecule has 0 aliphatic rings. The van der Waals surface area contributed by atoms with Gasteiger partial charge in [0.15, 0.2) is 0 Å². The van der Waals surface area contributed by atoms with Crippen molar-refractivity contribution in [3.05, 3.63) is 52.2 Å². The summed E-state index contributed by atoms with van der Waals surface area (Å²) in [5.41, 5.74) is 1.39. The molecule has 0 radical (unpaired) electrons. The van der Waals surface area contributed by atoms with Crippen LogP contribution in [0.5, 0.6) is 0 Å². The average Bonchev–Trinajstić information content (AvgIpc) is 2.63. The molecule has 2 aromatic rings. The van der Waals surface area contributed by atoms with E-state index in [1.54, 1.807) is 0 Å². The molecule has 14 heavy (non-hydrogen) atoms. The van der Waals surface area contributed by atoms with E-state index in [9.17, 15) is 0 Å². The zero-order chi connectivity index (χ0) is 9.80. The second kappa shape index (κ2) is 4.67. The van der Waals surface area contributed by atoms with Gasteiger partial charge in [-0.25, -0.2) is 0 Å². The third-order valence-electron chi connectivity index (χ3n) is 2.05. The quantitative estimate of drug-likeness (QED) is 0.693. The maximum absolute atomic E-state index is 2.20. The van der Waals surface area contributed by atoms with E-state index in [1.807, 2.05) is 23.1 Å². The van der Waals surface area contributed by atoms with Crippen molar-refractivity contribution >= 4 is 23.1 Å². The Morgan fingerprint density at radius 3 is 2.57 bits per heavy atom. The fraction of sp³-hybridized carbons (Fsp3) is 0.167. The van der Waals surface area contributed by atoms with Gasteiger partial charge in [-0.3, -0.25) is 0 Å². The molecule has 0 aliphatic heterocycles. The lowest BCUT2D eigenvalue weighted by atomic mass is 10.2. The van der Waals surface area contributed by atoms with Crippen molar-refractivity contribution < 1.29 is 0 Å². The van der Waals surface area contributed by atoms with Crippen LogP contribution in [0.2, 0.25) is 0 Å². The number of aryl methyl sites for hydroxylation is 1. The van der Waals surface area contributed by atoms with Gasteiger partial charge in [0, 0.05) is 15.5 Å². The molecule has 0 atom stereocenters. The van der Waals surface area contributed by atoms with Crippen molar-refractivity contribution in [3.8, 4) is 0 Å². The summed E-state index contributed by atoms with van der Waals surface area (Å²) in [6.07, 6.45) is 0. The fourth-order valence-corrected chi connectivity index (χ4v) is 3.14. The standard InChI is InChI=1S/C12H12S2/c1-10-12(7-8-13-10)14-9-11-5-3-2-4-6-11/h2-8H,9H2,1H3. The summed E-state index contributed by atoms with van der Waals surface area (Å²) in [6.45, 7) is 2.18. The van der Waals surface area contributed by atoms with E-state index in [-0.39, 0.29) is 0 Å². The SMILES string of the molecule is Cc1sccc1SCc1ccccc1. The van der Waals surface area contributed by atoms with E-state index in [0.717, 1.165) is 5.75 Å². The van der Waals surface area contributed by atoms with Crippen molar-refractivity contribution in [3.63, 3.8) is 0 Å². The first-order valence-corrected chi connectivity index (χ1v) is 6.43. The first-order chi connectivity index (χ1) is 6.86. The topological polar surface area (TPSA) is 0 Å². The molecule has 0 amide bonds. The molecule has 72 valence electrons. The molecule has 0 unspecified atom stereocenters. The summed E-state index contributed by atoms with van der Waals surface area (Å²) in [5.74, 6) is 1.07. The maximum Gasteiger partial charge on any atom is 0.0232 e. The van der Waals surface area contributed by atoms with E-state index in [2.05, 4.69) is 48.7 Å². The predicted molar refractivity (Wildman–Crippen MR) is 65.1 cm³/mol. The van der Waals surface area contributed by atoms with Crippen LogP contribution in [0.15, 0.2) is 46.7 Å². The highest BCUT2D eigenvalue weighted by Gasteiger charge is 2.00. The van der Waals surface area contributed by atoms with Crippen molar-refractivity contribution in [1.29, 1.82) is 0 Å². The molecule has 0 spiro atoms. The Labute approximate surface area is 93.0 Å².